The maximum Gasteiger partial charge on any atom is 0.212 e. The summed E-state index contributed by atoms with van der Waals surface area (Å²) in [5.74, 6) is 0. The summed E-state index contributed by atoms with van der Waals surface area (Å²) in [6, 6.07) is 40.8. The van der Waals surface area contributed by atoms with Crippen molar-refractivity contribution in [2.75, 3.05) is 0 Å². The SMILES string of the molecule is [C-]#[N+]c1cnccc1-c1ccc(-c2cc3ccc4cc(-c5ccc(-c6ccncc6C#N)cc5)cc5ccc(c2)c3c45)cc1. The van der Waals surface area contributed by atoms with E-state index in [1.165, 1.54) is 32.3 Å². The second-order valence-corrected chi connectivity index (χ2v) is 10.9. The van der Waals surface area contributed by atoms with Gasteiger partial charge in [-0.2, -0.15) is 5.26 Å². The van der Waals surface area contributed by atoms with Crippen LogP contribution in [0.4, 0.5) is 5.69 Å². The zero-order valence-corrected chi connectivity index (χ0v) is 23.5. The molecule has 0 aliphatic heterocycles. The van der Waals surface area contributed by atoms with E-state index in [4.69, 9.17) is 6.57 Å². The Morgan fingerprint density at radius 3 is 1.41 bits per heavy atom. The molecule has 4 nitrogen and oxygen atoms in total. The number of pyridine rings is 2. The van der Waals surface area contributed by atoms with E-state index < -0.39 is 0 Å². The van der Waals surface area contributed by atoms with Crippen molar-refractivity contribution in [1.82, 2.24) is 9.97 Å². The van der Waals surface area contributed by atoms with Crippen LogP contribution in [0.2, 0.25) is 0 Å². The maximum atomic E-state index is 9.48. The molecule has 2 heterocycles. The summed E-state index contributed by atoms with van der Waals surface area (Å²) >= 11 is 0. The van der Waals surface area contributed by atoms with Crippen LogP contribution in [0.3, 0.4) is 0 Å². The highest BCUT2D eigenvalue weighted by Gasteiger charge is 2.13. The zero-order chi connectivity index (χ0) is 29.6. The Labute approximate surface area is 254 Å². The third kappa shape index (κ3) is 4.14. The minimum atomic E-state index is 0.558. The highest BCUT2D eigenvalue weighted by Crippen LogP contribution is 2.40. The van der Waals surface area contributed by atoms with Crippen molar-refractivity contribution in [1.29, 1.82) is 5.26 Å². The quantitative estimate of drug-likeness (QED) is 0.159. The van der Waals surface area contributed by atoms with Crippen molar-refractivity contribution >= 4 is 38.0 Å². The lowest BCUT2D eigenvalue weighted by atomic mass is 9.89. The lowest BCUT2D eigenvalue weighted by Crippen LogP contribution is -1.88. The van der Waals surface area contributed by atoms with Gasteiger partial charge < -0.3 is 0 Å². The Balaban J connectivity index is 1.17. The van der Waals surface area contributed by atoms with Crippen LogP contribution in [0.5, 0.6) is 0 Å². The fourth-order valence-electron chi connectivity index (χ4n) is 6.31. The average Bonchev–Trinajstić information content (AvgIpc) is 3.10. The molecule has 0 unspecified atom stereocenters. The van der Waals surface area contributed by atoms with Crippen LogP contribution in [0.1, 0.15) is 5.56 Å². The Kier molecular flexibility index (Phi) is 5.86. The van der Waals surface area contributed by atoms with E-state index in [2.05, 4.69) is 118 Å². The van der Waals surface area contributed by atoms with Crippen LogP contribution in [-0.4, -0.2) is 9.97 Å². The number of nitriles is 1. The van der Waals surface area contributed by atoms with Crippen LogP contribution in [-0.2, 0) is 0 Å². The maximum absolute atomic E-state index is 9.48. The van der Waals surface area contributed by atoms with Gasteiger partial charge in [-0.3, -0.25) is 9.97 Å². The number of rotatable bonds is 4. The van der Waals surface area contributed by atoms with Gasteiger partial charge in [0.15, 0.2) is 0 Å². The van der Waals surface area contributed by atoms with Gasteiger partial charge in [-0.1, -0.05) is 72.8 Å². The first-order chi connectivity index (χ1) is 21.7. The van der Waals surface area contributed by atoms with Gasteiger partial charge >= 0.3 is 0 Å². The monoisotopic (exact) mass is 558 g/mol. The molecule has 6 aromatic carbocycles. The molecule has 44 heavy (non-hydrogen) atoms. The first kappa shape index (κ1) is 25.4. The number of hydrogen-bond acceptors (Lipinski definition) is 3. The van der Waals surface area contributed by atoms with Crippen LogP contribution in [0.25, 0.3) is 81.7 Å². The summed E-state index contributed by atoms with van der Waals surface area (Å²) in [5.41, 5.74) is 9.52. The van der Waals surface area contributed by atoms with Crippen LogP contribution in [0, 0.1) is 17.9 Å². The molecule has 0 N–H and O–H groups in total. The third-order valence-corrected chi connectivity index (χ3v) is 8.45. The predicted octanol–water partition coefficient (Wildman–Crippen LogP) is 10.5. The fourth-order valence-corrected chi connectivity index (χ4v) is 6.31. The normalized spacial score (nSPS) is 11.1. The minimum Gasteiger partial charge on any atom is -0.276 e. The zero-order valence-electron chi connectivity index (χ0n) is 23.5. The average molecular weight is 559 g/mol. The molecule has 2 aromatic heterocycles. The van der Waals surface area contributed by atoms with Crippen molar-refractivity contribution < 1.29 is 0 Å². The second-order valence-electron chi connectivity index (χ2n) is 10.9. The topological polar surface area (TPSA) is 53.9 Å². The van der Waals surface area contributed by atoms with E-state index in [-0.39, 0.29) is 0 Å². The molecule has 0 atom stereocenters. The smallest absolute Gasteiger partial charge is 0.212 e. The van der Waals surface area contributed by atoms with Crippen molar-refractivity contribution in [2.45, 2.75) is 0 Å². The summed E-state index contributed by atoms with van der Waals surface area (Å²) in [4.78, 5) is 11.8. The van der Waals surface area contributed by atoms with Crippen molar-refractivity contribution in [3.63, 3.8) is 0 Å². The van der Waals surface area contributed by atoms with Crippen LogP contribution >= 0.6 is 0 Å². The molecule has 0 amide bonds. The van der Waals surface area contributed by atoms with Gasteiger partial charge in [-0.25, -0.2) is 4.85 Å². The number of aromatic nitrogens is 2. The molecule has 202 valence electrons. The molecule has 0 radical (unpaired) electrons. The highest BCUT2D eigenvalue weighted by atomic mass is 14.7. The number of benzene rings is 6. The van der Waals surface area contributed by atoms with Gasteiger partial charge in [0.2, 0.25) is 5.69 Å². The molecule has 0 saturated heterocycles. The first-order valence-electron chi connectivity index (χ1n) is 14.3. The summed E-state index contributed by atoms with van der Waals surface area (Å²) in [6.45, 7) is 7.47. The van der Waals surface area contributed by atoms with Gasteiger partial charge in [0.05, 0.1) is 12.1 Å². The largest absolute Gasteiger partial charge is 0.276 e. The van der Waals surface area contributed by atoms with Crippen molar-refractivity contribution in [3.8, 4) is 50.6 Å². The molecule has 0 fully saturated rings. The molecule has 0 spiro atoms. The van der Waals surface area contributed by atoms with Crippen molar-refractivity contribution in [3.05, 3.63) is 151 Å². The Morgan fingerprint density at radius 2 is 0.932 bits per heavy atom. The van der Waals surface area contributed by atoms with E-state index in [1.54, 1.807) is 24.8 Å². The summed E-state index contributed by atoms with van der Waals surface area (Å²) in [5, 5.41) is 16.9. The summed E-state index contributed by atoms with van der Waals surface area (Å²) in [6.07, 6.45) is 6.67. The molecule has 0 bridgehead atoms. The van der Waals surface area contributed by atoms with Gasteiger partial charge in [-0.05, 0) is 108 Å². The molecule has 0 aliphatic rings. The Morgan fingerprint density at radius 1 is 0.500 bits per heavy atom. The molecule has 0 saturated carbocycles. The highest BCUT2D eigenvalue weighted by molar-refractivity contribution is 6.24. The second kappa shape index (κ2) is 10.2. The predicted molar refractivity (Wildman–Crippen MR) is 178 cm³/mol. The first-order valence-corrected chi connectivity index (χ1v) is 14.3. The summed E-state index contributed by atoms with van der Waals surface area (Å²) < 4.78 is 0. The Hall–Kier alpha value is -6.36. The van der Waals surface area contributed by atoms with Crippen LogP contribution in [0.15, 0.2) is 134 Å². The van der Waals surface area contributed by atoms with E-state index in [1.807, 2.05) is 12.1 Å². The van der Waals surface area contributed by atoms with E-state index in [9.17, 15) is 5.26 Å². The van der Waals surface area contributed by atoms with E-state index >= 15 is 0 Å². The molecular weight excluding hydrogens is 536 g/mol. The Bertz CT molecular complexity index is 2200. The number of hydrogen-bond donors (Lipinski definition) is 0. The van der Waals surface area contributed by atoms with Gasteiger partial charge in [0.25, 0.3) is 0 Å². The van der Waals surface area contributed by atoms with E-state index in [0.717, 1.165) is 44.5 Å². The van der Waals surface area contributed by atoms with Crippen LogP contribution < -0.4 is 0 Å². The lowest BCUT2D eigenvalue weighted by Gasteiger charge is -2.15. The standard InChI is InChI=1S/C40H22N4/c1-42-38-24-44-17-15-37(38)28-8-4-26(5-9-28)34-20-31-12-10-29-18-33(19-30-11-13-32(21-34)40(31)39(29)30)25-2-6-27(7-3-25)36-14-16-43-23-35(36)22-41/h2-21,23-24H. The molecule has 0 aliphatic carbocycles. The third-order valence-electron chi connectivity index (χ3n) is 8.45. The fraction of sp³-hybridized carbons (Fsp3) is 0. The molecular formula is C40H22N4. The summed E-state index contributed by atoms with van der Waals surface area (Å²) in [7, 11) is 0. The van der Waals surface area contributed by atoms with Gasteiger partial charge in [0, 0.05) is 30.4 Å². The van der Waals surface area contributed by atoms with Gasteiger partial charge in [-0.15, -0.1) is 0 Å². The van der Waals surface area contributed by atoms with Gasteiger partial charge in [0.1, 0.15) is 6.07 Å². The molecule has 8 rings (SSSR count). The molecule has 4 heteroatoms. The van der Waals surface area contributed by atoms with E-state index in [0.29, 0.717) is 11.3 Å². The molecule has 8 aromatic rings. The van der Waals surface area contributed by atoms with Crippen molar-refractivity contribution in [2.24, 2.45) is 0 Å². The number of nitrogens with zero attached hydrogens (tertiary/aromatic N) is 4. The lowest BCUT2D eigenvalue weighted by molar-refractivity contribution is 1.30. The minimum absolute atomic E-state index is 0.558.